The fraction of sp³-hybridized carbons (Fsp3) is 0.909. The number of hydrogen-bond acceptors (Lipinski definition) is 3. The molecule has 4 heteroatoms. The quantitative estimate of drug-likeness (QED) is 0.778. The second kappa shape index (κ2) is 4.00. The molecule has 0 unspecified atom stereocenters. The summed E-state index contributed by atoms with van der Waals surface area (Å²) in [6.45, 7) is 6.25. The highest BCUT2D eigenvalue weighted by Crippen LogP contribution is 2.44. The lowest BCUT2D eigenvalue weighted by atomic mass is 10.1. The average molecular weight is 214 g/mol. The van der Waals surface area contributed by atoms with Crippen LogP contribution in [0.1, 0.15) is 40.0 Å². The van der Waals surface area contributed by atoms with Gasteiger partial charge in [-0.2, -0.15) is 0 Å². The highest BCUT2D eigenvalue weighted by atomic mass is 16.6. The van der Waals surface area contributed by atoms with Crippen molar-refractivity contribution in [1.29, 1.82) is 0 Å². The maximum Gasteiger partial charge on any atom is 0.410 e. The minimum Gasteiger partial charge on any atom is -0.444 e. The molecule has 88 valence electrons. The molecule has 0 spiro atoms. The van der Waals surface area contributed by atoms with Crippen LogP contribution in [0.15, 0.2) is 0 Å². The van der Waals surface area contributed by atoms with Gasteiger partial charge in [0.1, 0.15) is 5.60 Å². The van der Waals surface area contributed by atoms with Gasteiger partial charge in [-0.05, 0) is 46.6 Å². The third-order valence-corrected chi connectivity index (χ3v) is 2.82. The summed E-state index contributed by atoms with van der Waals surface area (Å²) in [6, 6.07) is 0. The molecule has 0 radical (unpaired) electrons. The monoisotopic (exact) mass is 214 g/mol. The highest BCUT2D eigenvalue weighted by molar-refractivity contribution is 5.69. The summed E-state index contributed by atoms with van der Waals surface area (Å²) in [6.07, 6.45) is 2.70. The van der Waals surface area contributed by atoms with Gasteiger partial charge in [0.15, 0.2) is 0 Å². The van der Waals surface area contributed by atoms with E-state index in [0.29, 0.717) is 6.54 Å². The molecule has 1 amide bonds. The first-order valence-electron chi connectivity index (χ1n) is 5.48. The third kappa shape index (κ3) is 3.09. The van der Waals surface area contributed by atoms with Crippen LogP contribution in [0.3, 0.4) is 0 Å². The van der Waals surface area contributed by atoms with Gasteiger partial charge < -0.3 is 15.4 Å². The molecule has 0 aromatic carbocycles. The molecule has 0 aliphatic heterocycles. The van der Waals surface area contributed by atoms with E-state index in [-0.39, 0.29) is 11.6 Å². The zero-order chi connectivity index (χ0) is 11.7. The van der Waals surface area contributed by atoms with E-state index in [1.54, 1.807) is 11.9 Å². The molecule has 0 saturated heterocycles. The smallest absolute Gasteiger partial charge is 0.410 e. The van der Waals surface area contributed by atoms with Gasteiger partial charge >= 0.3 is 6.09 Å². The van der Waals surface area contributed by atoms with E-state index in [4.69, 9.17) is 10.5 Å². The molecular weight excluding hydrogens is 192 g/mol. The van der Waals surface area contributed by atoms with Crippen molar-refractivity contribution in [1.82, 2.24) is 4.90 Å². The lowest BCUT2D eigenvalue weighted by molar-refractivity contribution is 0.0188. The van der Waals surface area contributed by atoms with Crippen molar-refractivity contribution < 1.29 is 9.53 Å². The van der Waals surface area contributed by atoms with E-state index < -0.39 is 5.60 Å². The van der Waals surface area contributed by atoms with Crippen molar-refractivity contribution in [2.45, 2.75) is 51.2 Å². The molecule has 0 heterocycles. The Labute approximate surface area is 91.8 Å². The maximum absolute atomic E-state index is 11.8. The van der Waals surface area contributed by atoms with E-state index in [9.17, 15) is 4.79 Å². The van der Waals surface area contributed by atoms with E-state index in [2.05, 4.69) is 0 Å². The molecule has 0 atom stereocenters. The van der Waals surface area contributed by atoms with Gasteiger partial charge in [0, 0.05) is 12.6 Å². The minimum absolute atomic E-state index is 0.0168. The number of hydrogen-bond donors (Lipinski definition) is 1. The van der Waals surface area contributed by atoms with Crippen LogP contribution >= 0.6 is 0 Å². The molecule has 1 fully saturated rings. The van der Waals surface area contributed by atoms with Crippen molar-refractivity contribution >= 4 is 6.09 Å². The normalized spacial score (nSPS) is 18.5. The Kier molecular flexibility index (Phi) is 3.28. The zero-order valence-corrected chi connectivity index (χ0v) is 10.2. The summed E-state index contributed by atoms with van der Waals surface area (Å²) in [5, 5.41) is 0. The number of carbonyl (C=O) groups is 1. The van der Waals surface area contributed by atoms with Crippen LogP contribution in [0.5, 0.6) is 0 Å². The number of rotatable bonds is 3. The molecule has 1 aliphatic rings. The summed E-state index contributed by atoms with van der Waals surface area (Å²) < 4.78 is 5.32. The fourth-order valence-electron chi connectivity index (χ4n) is 1.69. The van der Waals surface area contributed by atoms with Crippen LogP contribution in [0.4, 0.5) is 4.79 Å². The van der Waals surface area contributed by atoms with Gasteiger partial charge in [-0.3, -0.25) is 0 Å². The summed E-state index contributed by atoms with van der Waals surface area (Å²) in [5.74, 6) is 0. The van der Waals surface area contributed by atoms with Gasteiger partial charge in [0.25, 0.3) is 0 Å². The first kappa shape index (κ1) is 12.3. The molecule has 4 nitrogen and oxygen atoms in total. The lowest BCUT2D eigenvalue weighted by Crippen LogP contribution is -2.43. The first-order chi connectivity index (χ1) is 6.81. The van der Waals surface area contributed by atoms with Crippen LogP contribution in [0, 0.1) is 0 Å². The molecular formula is C11H22N2O2. The first-order valence-corrected chi connectivity index (χ1v) is 5.48. The van der Waals surface area contributed by atoms with Crippen molar-refractivity contribution in [2.24, 2.45) is 5.73 Å². The van der Waals surface area contributed by atoms with E-state index in [1.165, 1.54) is 0 Å². The third-order valence-electron chi connectivity index (χ3n) is 2.82. The zero-order valence-electron chi connectivity index (χ0n) is 10.2. The summed E-state index contributed by atoms with van der Waals surface area (Å²) >= 11 is 0. The predicted octanol–water partition coefficient (Wildman–Crippen LogP) is 1.73. The maximum atomic E-state index is 11.8. The van der Waals surface area contributed by atoms with Crippen molar-refractivity contribution in [3.63, 3.8) is 0 Å². The second-order valence-electron chi connectivity index (χ2n) is 5.30. The lowest BCUT2D eigenvalue weighted by Gasteiger charge is -2.30. The Balaban J connectivity index is 2.53. The molecule has 0 bridgehead atoms. The van der Waals surface area contributed by atoms with Crippen molar-refractivity contribution in [3.05, 3.63) is 0 Å². The summed E-state index contributed by atoms with van der Waals surface area (Å²) in [7, 11) is 1.80. The minimum atomic E-state index is -0.426. The SMILES string of the molecule is CN(C(=O)OC(C)(C)C)C1(CCN)CC1. The molecule has 15 heavy (non-hydrogen) atoms. The van der Waals surface area contributed by atoms with Gasteiger partial charge in [0.05, 0.1) is 0 Å². The van der Waals surface area contributed by atoms with Crippen LogP contribution < -0.4 is 5.73 Å². The molecule has 2 N–H and O–H groups in total. The van der Waals surface area contributed by atoms with Crippen molar-refractivity contribution in [2.75, 3.05) is 13.6 Å². The number of amides is 1. The molecule has 0 aromatic heterocycles. The van der Waals surface area contributed by atoms with E-state index in [0.717, 1.165) is 19.3 Å². The predicted molar refractivity (Wildman–Crippen MR) is 59.6 cm³/mol. The Hall–Kier alpha value is -0.770. The summed E-state index contributed by atoms with van der Waals surface area (Å²) in [5.41, 5.74) is 5.10. The average Bonchev–Trinajstić information content (AvgIpc) is 2.82. The van der Waals surface area contributed by atoms with Gasteiger partial charge in [-0.1, -0.05) is 0 Å². The van der Waals surface area contributed by atoms with Gasteiger partial charge in [-0.15, -0.1) is 0 Å². The Bertz CT molecular complexity index is 241. The Morgan fingerprint density at radius 2 is 2.00 bits per heavy atom. The van der Waals surface area contributed by atoms with Crippen LogP contribution in [-0.2, 0) is 4.74 Å². The van der Waals surface area contributed by atoms with E-state index >= 15 is 0 Å². The molecule has 0 aromatic rings. The topological polar surface area (TPSA) is 55.6 Å². The number of nitrogens with zero attached hydrogens (tertiary/aromatic N) is 1. The number of carbonyl (C=O) groups excluding carboxylic acids is 1. The largest absolute Gasteiger partial charge is 0.444 e. The van der Waals surface area contributed by atoms with Gasteiger partial charge in [0.2, 0.25) is 0 Å². The number of ether oxygens (including phenoxy) is 1. The standard InChI is InChI=1S/C11H22N2O2/c1-10(2,3)15-9(14)13(4)11(5-6-11)7-8-12/h5-8,12H2,1-4H3. The van der Waals surface area contributed by atoms with E-state index in [1.807, 2.05) is 20.8 Å². The Morgan fingerprint density at radius 1 is 1.47 bits per heavy atom. The van der Waals surface area contributed by atoms with Crippen LogP contribution in [0.2, 0.25) is 0 Å². The fourth-order valence-corrected chi connectivity index (χ4v) is 1.69. The second-order valence-corrected chi connectivity index (χ2v) is 5.30. The summed E-state index contributed by atoms with van der Waals surface area (Å²) in [4.78, 5) is 13.5. The Morgan fingerprint density at radius 3 is 2.33 bits per heavy atom. The van der Waals surface area contributed by atoms with Crippen LogP contribution in [-0.4, -0.2) is 35.7 Å². The molecule has 1 aliphatic carbocycles. The van der Waals surface area contributed by atoms with Gasteiger partial charge in [-0.25, -0.2) is 4.79 Å². The molecule has 1 rings (SSSR count). The van der Waals surface area contributed by atoms with Crippen LogP contribution in [0.25, 0.3) is 0 Å². The molecule has 1 saturated carbocycles. The highest BCUT2D eigenvalue weighted by Gasteiger charge is 2.48. The van der Waals surface area contributed by atoms with Crippen molar-refractivity contribution in [3.8, 4) is 0 Å². The number of nitrogens with two attached hydrogens (primary N) is 1.